The maximum Gasteiger partial charge on any atom is 0.330 e. The van der Waals surface area contributed by atoms with E-state index < -0.39 is 49.3 Å². The fourth-order valence-electron chi connectivity index (χ4n) is 2.46. The first-order chi connectivity index (χ1) is 12.4. The summed E-state index contributed by atoms with van der Waals surface area (Å²) >= 11 is 0. The van der Waals surface area contributed by atoms with Crippen molar-refractivity contribution in [2.75, 3.05) is 0 Å². The number of H-pyrrole nitrogens is 1. The Morgan fingerprint density at radius 1 is 1.19 bits per heavy atom. The van der Waals surface area contributed by atoms with Gasteiger partial charge in [0.2, 0.25) is 0 Å². The van der Waals surface area contributed by atoms with Crippen LogP contribution in [0.5, 0.6) is 5.75 Å². The quantitative estimate of drug-likeness (QED) is 0.461. The number of benzene rings is 1. The van der Waals surface area contributed by atoms with E-state index in [1.807, 2.05) is 4.98 Å². The van der Waals surface area contributed by atoms with E-state index in [2.05, 4.69) is 0 Å². The standard InChI is InChI=1S/C15H15N2O8P/c18-9-6-7-17(15(22)16-9)13-11(20)10(19)12(24-13)14(21)26(23)25-8-4-2-1-3-5-8/h1-7,10-13,19-21H,(H,16,18,22)/t10-,11+,12-,13+/m0/s1. The molecular formula is C15H15N2O8P. The number of aliphatic hydroxyl groups excluding tert-OH is 3. The number of rotatable bonds is 4. The molecular weight excluding hydrogens is 367 g/mol. The van der Waals surface area contributed by atoms with Crippen molar-refractivity contribution in [1.82, 2.24) is 9.55 Å². The van der Waals surface area contributed by atoms with Crippen LogP contribution in [0.3, 0.4) is 0 Å². The molecule has 2 heterocycles. The number of ether oxygens (including phenoxy) is 1. The monoisotopic (exact) mass is 382 g/mol. The van der Waals surface area contributed by atoms with E-state index >= 15 is 0 Å². The molecule has 1 aliphatic heterocycles. The van der Waals surface area contributed by atoms with Crippen LogP contribution in [0.15, 0.2) is 52.2 Å². The van der Waals surface area contributed by atoms with Gasteiger partial charge in [-0.25, -0.2) is 4.79 Å². The minimum absolute atomic E-state index is 0.224. The lowest BCUT2D eigenvalue weighted by molar-refractivity contribution is -0.166. The Labute approximate surface area is 147 Å². The van der Waals surface area contributed by atoms with Gasteiger partial charge >= 0.3 is 13.7 Å². The molecule has 0 radical (unpaired) electrons. The van der Waals surface area contributed by atoms with Crippen molar-refractivity contribution in [3.05, 3.63) is 63.4 Å². The number of aromatic nitrogens is 2. The fourth-order valence-corrected chi connectivity index (χ4v) is 3.29. The lowest BCUT2D eigenvalue weighted by atomic mass is 10.1. The number of hydrogen-bond donors (Lipinski definition) is 4. The van der Waals surface area contributed by atoms with E-state index in [4.69, 9.17) is 9.26 Å². The summed E-state index contributed by atoms with van der Waals surface area (Å²) in [5, 5.41) is 30.3. The largest absolute Gasteiger partial charge is 0.593 e. The van der Waals surface area contributed by atoms with Gasteiger partial charge in [0.25, 0.3) is 11.0 Å². The van der Waals surface area contributed by atoms with Crippen LogP contribution in [-0.4, -0.2) is 48.7 Å². The highest BCUT2D eigenvalue weighted by atomic mass is 31.1. The van der Waals surface area contributed by atoms with Crippen molar-refractivity contribution in [2.24, 2.45) is 0 Å². The van der Waals surface area contributed by atoms with Gasteiger partial charge in [-0.2, -0.15) is 0 Å². The lowest BCUT2D eigenvalue weighted by Crippen LogP contribution is -2.38. The van der Waals surface area contributed by atoms with Gasteiger partial charge in [-0.3, -0.25) is 18.9 Å². The molecule has 4 N–H and O–H groups in total. The van der Waals surface area contributed by atoms with Gasteiger partial charge in [0.1, 0.15) is 12.2 Å². The van der Waals surface area contributed by atoms with Crippen molar-refractivity contribution >= 4 is 13.5 Å². The van der Waals surface area contributed by atoms with Gasteiger partial charge in [-0.05, 0) is 12.1 Å². The van der Waals surface area contributed by atoms with Gasteiger partial charge in [-0.15, -0.1) is 0 Å². The molecule has 1 fully saturated rings. The molecule has 0 amide bonds. The molecule has 1 saturated heterocycles. The van der Waals surface area contributed by atoms with Crippen LogP contribution in [0, 0.1) is 0 Å². The average Bonchev–Trinajstić information content (AvgIpc) is 2.91. The summed E-state index contributed by atoms with van der Waals surface area (Å²) in [5.41, 5.74) is -2.35. The molecule has 0 spiro atoms. The normalized spacial score (nSPS) is 26.5. The summed E-state index contributed by atoms with van der Waals surface area (Å²) in [6.45, 7) is 0. The molecule has 5 atom stereocenters. The number of hydrogen-bond acceptors (Lipinski definition) is 7. The SMILES string of the molecule is O=c1ccn([C@@H]2O[C@H](/C(O)=[P+](\[O-])Oc3ccccc3)[C@@H](O)[C@H]2O)c(=O)[nH]1. The molecule has 1 unspecified atom stereocenters. The van der Waals surface area contributed by atoms with Crippen LogP contribution >= 0.6 is 8.00 Å². The molecule has 26 heavy (non-hydrogen) atoms. The van der Waals surface area contributed by atoms with Crippen molar-refractivity contribution in [1.29, 1.82) is 0 Å². The molecule has 0 saturated carbocycles. The van der Waals surface area contributed by atoms with Crippen LogP contribution in [-0.2, 0) is 4.74 Å². The molecule has 1 aromatic heterocycles. The maximum absolute atomic E-state index is 12.2. The predicted octanol–water partition coefficient (Wildman–Crippen LogP) is -1.59. The van der Waals surface area contributed by atoms with Crippen molar-refractivity contribution in [3.63, 3.8) is 0 Å². The highest BCUT2D eigenvalue weighted by Gasteiger charge is 2.49. The van der Waals surface area contributed by atoms with Gasteiger partial charge in [0.05, 0.1) is 0 Å². The van der Waals surface area contributed by atoms with Crippen LogP contribution in [0.1, 0.15) is 6.23 Å². The Morgan fingerprint density at radius 2 is 1.88 bits per heavy atom. The Hall–Kier alpha value is -2.33. The minimum Gasteiger partial charge on any atom is -0.593 e. The van der Waals surface area contributed by atoms with Crippen molar-refractivity contribution in [2.45, 2.75) is 24.5 Å². The Kier molecular flexibility index (Phi) is 5.33. The van der Waals surface area contributed by atoms with Crippen LogP contribution in [0.4, 0.5) is 0 Å². The van der Waals surface area contributed by atoms with Gasteiger partial charge in [0.15, 0.2) is 18.1 Å². The Bertz CT molecular complexity index is 925. The summed E-state index contributed by atoms with van der Waals surface area (Å²) in [5.74, 6) is 0.224. The molecule has 11 heteroatoms. The number of nitrogens with one attached hydrogen (secondary N) is 1. The van der Waals surface area contributed by atoms with E-state index in [9.17, 15) is 29.8 Å². The maximum atomic E-state index is 12.2. The summed E-state index contributed by atoms with van der Waals surface area (Å²) in [6.07, 6.45) is -5.17. The van der Waals surface area contributed by atoms with Crippen LogP contribution in [0.2, 0.25) is 0 Å². The molecule has 138 valence electrons. The topological polar surface area (TPSA) is 157 Å². The van der Waals surface area contributed by atoms with Crippen LogP contribution in [0.25, 0.3) is 0 Å². The highest BCUT2D eigenvalue weighted by molar-refractivity contribution is 7.46. The zero-order chi connectivity index (χ0) is 18.8. The zero-order valence-corrected chi connectivity index (χ0v) is 14.0. The molecule has 0 bridgehead atoms. The smallest absolute Gasteiger partial charge is 0.330 e. The summed E-state index contributed by atoms with van der Waals surface area (Å²) in [7, 11) is -2.79. The minimum atomic E-state index is -2.79. The number of aromatic amines is 1. The zero-order valence-electron chi connectivity index (χ0n) is 13.1. The van der Waals surface area contributed by atoms with E-state index in [0.717, 1.165) is 16.8 Å². The predicted molar refractivity (Wildman–Crippen MR) is 88.2 cm³/mol. The number of aliphatic hydroxyl groups is 3. The Balaban J connectivity index is 1.85. The molecule has 2 aromatic rings. The second kappa shape index (κ2) is 7.50. The van der Waals surface area contributed by atoms with E-state index in [1.54, 1.807) is 18.2 Å². The fraction of sp³-hybridized carbons (Fsp3) is 0.267. The third kappa shape index (κ3) is 3.61. The second-order valence-corrected chi connectivity index (χ2v) is 6.62. The first-order valence-corrected chi connectivity index (χ1v) is 8.65. The van der Waals surface area contributed by atoms with E-state index in [0.29, 0.717) is 0 Å². The van der Waals surface area contributed by atoms with Gasteiger partial charge in [-0.1, -0.05) is 18.2 Å². The average molecular weight is 382 g/mol. The molecule has 10 nitrogen and oxygen atoms in total. The first kappa shape index (κ1) is 18.5. The molecule has 3 rings (SSSR count). The van der Waals surface area contributed by atoms with Crippen molar-refractivity contribution < 1.29 is 29.5 Å². The third-order valence-corrected chi connectivity index (χ3v) is 4.74. The van der Waals surface area contributed by atoms with Crippen LogP contribution < -0.4 is 20.7 Å². The second-order valence-electron chi connectivity index (χ2n) is 5.47. The van der Waals surface area contributed by atoms with Crippen molar-refractivity contribution in [3.8, 4) is 5.75 Å². The molecule has 0 aliphatic carbocycles. The lowest BCUT2D eigenvalue weighted by Gasteiger charge is -2.16. The van der Waals surface area contributed by atoms with E-state index in [-0.39, 0.29) is 5.75 Å². The number of nitrogens with zero attached hydrogens (tertiary/aromatic N) is 1. The first-order valence-electron chi connectivity index (χ1n) is 7.47. The summed E-state index contributed by atoms with van der Waals surface area (Å²) in [4.78, 5) is 37.1. The molecule has 1 aromatic carbocycles. The third-order valence-electron chi connectivity index (χ3n) is 3.74. The highest BCUT2D eigenvalue weighted by Crippen LogP contribution is 2.32. The summed E-state index contributed by atoms with van der Waals surface area (Å²) in [6, 6.07) is 9.06. The van der Waals surface area contributed by atoms with Gasteiger partial charge in [0, 0.05) is 12.3 Å². The molecule has 1 aliphatic rings. The summed E-state index contributed by atoms with van der Waals surface area (Å²) < 4.78 is 11.2. The van der Waals surface area contributed by atoms with E-state index in [1.165, 1.54) is 12.1 Å². The van der Waals surface area contributed by atoms with Gasteiger partial charge < -0.3 is 24.9 Å². The number of para-hydroxylation sites is 1. The Morgan fingerprint density at radius 3 is 2.54 bits per heavy atom.